The largest absolute Gasteiger partial charge is 0.481 e. The molecule has 0 unspecified atom stereocenters. The van der Waals surface area contributed by atoms with E-state index in [-0.39, 0.29) is 5.92 Å². The number of H-pyrrole nitrogens is 1. The van der Waals surface area contributed by atoms with Gasteiger partial charge < -0.3 is 10.1 Å². The molecule has 1 aromatic heterocycles. The Kier molecular flexibility index (Phi) is 4.29. The van der Waals surface area contributed by atoms with Crippen LogP contribution in [0, 0.1) is 17.8 Å². The van der Waals surface area contributed by atoms with Crippen LogP contribution in [0.15, 0.2) is 6.20 Å². The summed E-state index contributed by atoms with van der Waals surface area (Å²) in [5.74, 6) is 1.25. The van der Waals surface area contributed by atoms with Crippen molar-refractivity contribution in [1.29, 1.82) is 0 Å². The summed E-state index contributed by atoms with van der Waals surface area (Å²) in [6.45, 7) is 4.58. The number of aliphatic carboxylic acids is 1. The SMILES string of the molecule is CCCCc1ncc(CN2C[C@@H](C(=O)O)[C@H](C3CC3)C2)[nH]1. The third-order valence-electron chi connectivity index (χ3n) is 4.83. The van der Waals surface area contributed by atoms with Crippen molar-refractivity contribution in [3.8, 4) is 0 Å². The molecule has 2 aliphatic rings. The van der Waals surface area contributed by atoms with E-state index < -0.39 is 5.97 Å². The number of nitrogens with one attached hydrogen (secondary N) is 1. The minimum absolute atomic E-state index is 0.181. The molecule has 2 heterocycles. The second kappa shape index (κ2) is 6.18. The molecule has 21 heavy (non-hydrogen) atoms. The number of unbranched alkanes of at least 4 members (excludes halogenated alkanes) is 1. The number of imidazole rings is 1. The normalized spacial score (nSPS) is 26.3. The highest BCUT2D eigenvalue weighted by molar-refractivity contribution is 5.71. The number of nitrogens with zero attached hydrogens (tertiary/aromatic N) is 2. The number of aromatic nitrogens is 2. The molecular formula is C16H25N3O2. The molecule has 1 saturated heterocycles. The van der Waals surface area contributed by atoms with Gasteiger partial charge in [0.2, 0.25) is 0 Å². The smallest absolute Gasteiger partial charge is 0.308 e. The van der Waals surface area contributed by atoms with Crippen LogP contribution in [0.1, 0.15) is 44.1 Å². The first-order valence-corrected chi connectivity index (χ1v) is 8.15. The van der Waals surface area contributed by atoms with Crippen LogP contribution in [0.5, 0.6) is 0 Å². The van der Waals surface area contributed by atoms with Gasteiger partial charge in [-0.15, -0.1) is 0 Å². The van der Waals surface area contributed by atoms with Crippen molar-refractivity contribution < 1.29 is 9.90 Å². The molecule has 0 aromatic carbocycles. The number of rotatable bonds is 7. The molecule has 1 saturated carbocycles. The molecule has 2 fully saturated rings. The number of aryl methyl sites for hydroxylation is 1. The summed E-state index contributed by atoms with van der Waals surface area (Å²) >= 11 is 0. The number of carboxylic acids is 1. The zero-order chi connectivity index (χ0) is 14.8. The van der Waals surface area contributed by atoms with E-state index in [1.165, 1.54) is 19.3 Å². The average molecular weight is 291 g/mol. The van der Waals surface area contributed by atoms with Crippen molar-refractivity contribution in [3.05, 3.63) is 17.7 Å². The van der Waals surface area contributed by atoms with E-state index in [4.69, 9.17) is 0 Å². The summed E-state index contributed by atoms with van der Waals surface area (Å²) in [5, 5.41) is 9.40. The molecule has 0 amide bonds. The average Bonchev–Trinajstić information content (AvgIpc) is 3.07. The van der Waals surface area contributed by atoms with E-state index in [2.05, 4.69) is 21.8 Å². The van der Waals surface area contributed by atoms with Gasteiger partial charge in [-0.2, -0.15) is 0 Å². The highest BCUT2D eigenvalue weighted by Crippen LogP contribution is 2.44. The van der Waals surface area contributed by atoms with Crippen LogP contribution in [0.2, 0.25) is 0 Å². The quantitative estimate of drug-likeness (QED) is 0.808. The number of hydrogen-bond acceptors (Lipinski definition) is 3. The molecule has 0 bridgehead atoms. The monoisotopic (exact) mass is 291 g/mol. The number of aromatic amines is 1. The molecular weight excluding hydrogens is 266 g/mol. The third kappa shape index (κ3) is 3.46. The fourth-order valence-electron chi connectivity index (χ4n) is 3.50. The van der Waals surface area contributed by atoms with Crippen molar-refractivity contribution >= 4 is 5.97 Å². The highest BCUT2D eigenvalue weighted by Gasteiger charge is 2.45. The summed E-state index contributed by atoms with van der Waals surface area (Å²) in [6, 6.07) is 0. The van der Waals surface area contributed by atoms with Gasteiger partial charge in [-0.1, -0.05) is 13.3 Å². The fourth-order valence-corrected chi connectivity index (χ4v) is 3.50. The predicted octanol–water partition coefficient (Wildman–Crippen LogP) is 2.29. The van der Waals surface area contributed by atoms with E-state index >= 15 is 0 Å². The fraction of sp³-hybridized carbons (Fsp3) is 0.750. The van der Waals surface area contributed by atoms with Crippen molar-refractivity contribution in [3.63, 3.8) is 0 Å². The van der Waals surface area contributed by atoms with Gasteiger partial charge in [0.05, 0.1) is 5.92 Å². The maximum atomic E-state index is 11.4. The number of hydrogen-bond donors (Lipinski definition) is 2. The Morgan fingerprint density at radius 1 is 1.48 bits per heavy atom. The Morgan fingerprint density at radius 2 is 2.29 bits per heavy atom. The lowest BCUT2D eigenvalue weighted by molar-refractivity contribution is -0.142. The molecule has 2 atom stereocenters. The Morgan fingerprint density at radius 3 is 2.95 bits per heavy atom. The number of likely N-dealkylation sites (tertiary alicyclic amines) is 1. The van der Waals surface area contributed by atoms with Crippen LogP contribution in [0.25, 0.3) is 0 Å². The summed E-state index contributed by atoms with van der Waals surface area (Å²) in [6.07, 6.45) is 7.66. The van der Waals surface area contributed by atoms with Gasteiger partial charge in [0.15, 0.2) is 0 Å². The predicted molar refractivity (Wildman–Crippen MR) is 79.8 cm³/mol. The minimum Gasteiger partial charge on any atom is -0.481 e. The number of carboxylic acid groups (broad SMARTS) is 1. The maximum absolute atomic E-state index is 11.4. The Hall–Kier alpha value is -1.36. The Labute approximate surface area is 125 Å². The third-order valence-corrected chi connectivity index (χ3v) is 4.83. The molecule has 1 aliphatic carbocycles. The van der Waals surface area contributed by atoms with Gasteiger partial charge in [-0.3, -0.25) is 9.69 Å². The zero-order valence-corrected chi connectivity index (χ0v) is 12.7. The van der Waals surface area contributed by atoms with Gasteiger partial charge in [0.25, 0.3) is 0 Å². The van der Waals surface area contributed by atoms with E-state index in [1.54, 1.807) is 0 Å². The molecule has 1 aromatic rings. The lowest BCUT2D eigenvalue weighted by Gasteiger charge is -2.14. The summed E-state index contributed by atoms with van der Waals surface area (Å²) in [5.41, 5.74) is 1.11. The second-order valence-electron chi connectivity index (χ2n) is 6.60. The number of carbonyl (C=O) groups is 1. The standard InChI is InChI=1S/C16H25N3O2/c1-2-3-4-15-17-7-12(18-15)8-19-9-13(11-5-6-11)14(10-19)16(20)21/h7,11,13-14H,2-6,8-10H2,1H3,(H,17,18)(H,20,21)/t13-,14+/m0/s1. The van der Waals surface area contributed by atoms with Crippen LogP contribution in [0.4, 0.5) is 0 Å². The molecule has 0 spiro atoms. The second-order valence-corrected chi connectivity index (χ2v) is 6.60. The zero-order valence-electron chi connectivity index (χ0n) is 12.7. The molecule has 0 radical (unpaired) electrons. The molecule has 5 nitrogen and oxygen atoms in total. The van der Waals surface area contributed by atoms with Crippen molar-refractivity contribution in [2.45, 2.75) is 45.6 Å². The van der Waals surface area contributed by atoms with Gasteiger partial charge in [-0.25, -0.2) is 4.98 Å². The van der Waals surface area contributed by atoms with E-state index in [1.807, 2.05) is 6.20 Å². The van der Waals surface area contributed by atoms with Crippen molar-refractivity contribution in [2.75, 3.05) is 13.1 Å². The lowest BCUT2D eigenvalue weighted by atomic mass is 9.92. The van der Waals surface area contributed by atoms with Gasteiger partial charge in [0, 0.05) is 37.9 Å². The van der Waals surface area contributed by atoms with Crippen LogP contribution >= 0.6 is 0 Å². The first-order chi connectivity index (χ1) is 10.2. The topological polar surface area (TPSA) is 69.2 Å². The summed E-state index contributed by atoms with van der Waals surface area (Å²) < 4.78 is 0. The molecule has 3 rings (SSSR count). The molecule has 2 N–H and O–H groups in total. The van der Waals surface area contributed by atoms with E-state index in [9.17, 15) is 9.90 Å². The van der Waals surface area contributed by atoms with E-state index in [0.29, 0.717) is 18.4 Å². The Balaban J connectivity index is 1.57. The van der Waals surface area contributed by atoms with Crippen LogP contribution in [-0.2, 0) is 17.8 Å². The first-order valence-electron chi connectivity index (χ1n) is 8.15. The van der Waals surface area contributed by atoms with Crippen LogP contribution in [-0.4, -0.2) is 39.0 Å². The van der Waals surface area contributed by atoms with Gasteiger partial charge in [0.1, 0.15) is 5.82 Å². The van der Waals surface area contributed by atoms with Gasteiger partial charge in [-0.05, 0) is 31.1 Å². The van der Waals surface area contributed by atoms with E-state index in [0.717, 1.165) is 37.4 Å². The maximum Gasteiger partial charge on any atom is 0.308 e. The highest BCUT2D eigenvalue weighted by atomic mass is 16.4. The Bertz CT molecular complexity index is 495. The molecule has 1 aliphatic heterocycles. The summed E-state index contributed by atoms with van der Waals surface area (Å²) in [7, 11) is 0. The molecule has 5 heteroatoms. The van der Waals surface area contributed by atoms with Gasteiger partial charge >= 0.3 is 5.97 Å². The summed E-state index contributed by atoms with van der Waals surface area (Å²) in [4.78, 5) is 21.5. The van der Waals surface area contributed by atoms with Crippen molar-refractivity contribution in [2.24, 2.45) is 17.8 Å². The molecule has 116 valence electrons. The van der Waals surface area contributed by atoms with Crippen molar-refractivity contribution in [1.82, 2.24) is 14.9 Å². The van der Waals surface area contributed by atoms with Crippen LogP contribution in [0.3, 0.4) is 0 Å². The van der Waals surface area contributed by atoms with Crippen LogP contribution < -0.4 is 0 Å². The first kappa shape index (κ1) is 14.6. The lowest BCUT2D eigenvalue weighted by Crippen LogP contribution is -2.24. The minimum atomic E-state index is -0.623.